The van der Waals surface area contributed by atoms with E-state index in [0.29, 0.717) is 16.8 Å². The number of hydrogen-bond acceptors (Lipinski definition) is 3. The highest BCUT2D eigenvalue weighted by Gasteiger charge is 2.06. The topological polar surface area (TPSA) is 70.7 Å². The van der Waals surface area contributed by atoms with Gasteiger partial charge >= 0.3 is 0 Å². The summed E-state index contributed by atoms with van der Waals surface area (Å²) in [7, 11) is 0. The number of nitrogens with one attached hydrogen (secondary N) is 1. The van der Waals surface area contributed by atoms with Gasteiger partial charge in [0.1, 0.15) is 6.54 Å². The Morgan fingerprint density at radius 3 is 3.05 bits per heavy atom. The minimum absolute atomic E-state index is 0.334. The van der Waals surface area contributed by atoms with Gasteiger partial charge in [-0.05, 0) is 23.8 Å². The molecule has 0 aliphatic rings. The van der Waals surface area contributed by atoms with E-state index < -0.39 is 18.9 Å². The first kappa shape index (κ1) is 15.4. The van der Waals surface area contributed by atoms with Crippen LogP contribution in [0.3, 0.4) is 0 Å². The Labute approximate surface area is 125 Å². The lowest BCUT2D eigenvalue weighted by molar-refractivity contribution is -0.111. The Morgan fingerprint density at radius 2 is 2.32 bits per heavy atom. The molecule has 0 aliphatic carbocycles. The molecule has 1 aromatic heterocycles. The molecule has 1 amide bonds. The molecule has 0 radical (unpaired) electrons. The number of carbonyl (C=O) groups excluding carboxylic acids is 1. The maximum absolute atomic E-state index is 12.2. The van der Waals surface area contributed by atoms with Crippen molar-refractivity contribution in [1.82, 2.24) is 9.78 Å². The van der Waals surface area contributed by atoms with Crippen molar-refractivity contribution in [2.45, 2.75) is 13.0 Å². The first-order valence-electron chi connectivity index (χ1n) is 6.36. The van der Waals surface area contributed by atoms with Gasteiger partial charge in [-0.1, -0.05) is 12.1 Å². The van der Waals surface area contributed by atoms with Gasteiger partial charge in [0, 0.05) is 12.3 Å². The van der Waals surface area contributed by atoms with Crippen LogP contribution in [0.2, 0.25) is 0 Å². The fourth-order valence-electron chi connectivity index (χ4n) is 1.74. The lowest BCUT2D eigenvalue weighted by Crippen LogP contribution is -2.08. The van der Waals surface area contributed by atoms with E-state index in [1.54, 1.807) is 30.3 Å². The van der Waals surface area contributed by atoms with E-state index in [-0.39, 0.29) is 0 Å². The fourth-order valence-corrected chi connectivity index (χ4v) is 1.74. The Kier molecular flexibility index (Phi) is 4.98. The minimum Gasteiger partial charge on any atom is -0.320 e. The summed E-state index contributed by atoms with van der Waals surface area (Å²) in [4.78, 5) is 11.7. The van der Waals surface area contributed by atoms with Crippen molar-refractivity contribution >= 4 is 17.7 Å². The summed E-state index contributed by atoms with van der Waals surface area (Å²) in [5.74, 6) is -0.418. The Morgan fingerprint density at radius 1 is 1.50 bits per heavy atom. The summed E-state index contributed by atoms with van der Waals surface area (Å²) in [6.45, 7) is -0.521. The van der Waals surface area contributed by atoms with E-state index in [4.69, 9.17) is 5.26 Å². The van der Waals surface area contributed by atoms with Crippen LogP contribution in [-0.4, -0.2) is 22.1 Å². The van der Waals surface area contributed by atoms with Gasteiger partial charge in [0.05, 0.1) is 23.5 Å². The first-order chi connectivity index (χ1) is 10.6. The third-order valence-corrected chi connectivity index (χ3v) is 2.67. The molecule has 0 unspecified atom stereocenters. The molecule has 0 saturated heterocycles. The molecular formula is C15H12F2N4O. The number of anilines is 1. The van der Waals surface area contributed by atoms with Gasteiger partial charge in [-0.15, -0.1) is 0 Å². The standard InChI is InChI=1S/C15H12F2N4O/c16-14(17)10-21-9-13(8-19-21)20-15(22)5-4-11-2-1-3-12(6-11)7-18/h1-6,8-9,14H,10H2,(H,20,22)/b5-4-. The molecule has 5 nitrogen and oxygen atoms in total. The fraction of sp³-hybridized carbons (Fsp3) is 0.133. The smallest absolute Gasteiger partial charge is 0.257 e. The lowest BCUT2D eigenvalue weighted by atomic mass is 10.1. The number of hydrogen-bond donors (Lipinski definition) is 1. The highest BCUT2D eigenvalue weighted by molar-refractivity contribution is 6.01. The third kappa shape index (κ3) is 4.52. The predicted octanol–water partition coefficient (Wildman–Crippen LogP) is 2.67. The van der Waals surface area contributed by atoms with E-state index in [2.05, 4.69) is 10.4 Å². The van der Waals surface area contributed by atoms with Crippen LogP contribution < -0.4 is 5.32 Å². The Hall–Kier alpha value is -3.01. The summed E-state index contributed by atoms with van der Waals surface area (Å²) in [6, 6.07) is 8.78. The van der Waals surface area contributed by atoms with Crippen LogP contribution in [0.4, 0.5) is 14.5 Å². The molecule has 1 heterocycles. The van der Waals surface area contributed by atoms with E-state index in [9.17, 15) is 13.6 Å². The zero-order valence-electron chi connectivity index (χ0n) is 11.4. The molecule has 112 valence electrons. The molecule has 0 spiro atoms. The number of rotatable bonds is 5. The molecule has 22 heavy (non-hydrogen) atoms. The average molecular weight is 302 g/mol. The average Bonchev–Trinajstić information content (AvgIpc) is 2.91. The molecule has 1 aromatic carbocycles. The van der Waals surface area contributed by atoms with Crippen molar-refractivity contribution in [2.75, 3.05) is 5.32 Å². The van der Waals surface area contributed by atoms with Crippen molar-refractivity contribution in [3.05, 3.63) is 53.9 Å². The molecule has 1 N–H and O–H groups in total. The largest absolute Gasteiger partial charge is 0.320 e. The number of halogens is 2. The van der Waals surface area contributed by atoms with E-state index in [0.717, 1.165) is 4.68 Å². The number of alkyl halides is 2. The molecule has 0 aliphatic heterocycles. The second-order valence-electron chi connectivity index (χ2n) is 4.40. The monoisotopic (exact) mass is 302 g/mol. The van der Waals surface area contributed by atoms with E-state index >= 15 is 0 Å². The first-order valence-corrected chi connectivity index (χ1v) is 6.36. The molecule has 2 rings (SSSR count). The maximum Gasteiger partial charge on any atom is 0.257 e. The van der Waals surface area contributed by atoms with Crippen molar-refractivity contribution in [1.29, 1.82) is 5.26 Å². The zero-order chi connectivity index (χ0) is 15.9. The molecule has 0 bridgehead atoms. The van der Waals surface area contributed by atoms with Crippen molar-refractivity contribution in [3.63, 3.8) is 0 Å². The Balaban J connectivity index is 1.96. The van der Waals surface area contributed by atoms with Crippen LogP contribution in [0, 0.1) is 11.3 Å². The number of aromatic nitrogens is 2. The molecule has 0 atom stereocenters. The normalized spacial score (nSPS) is 10.8. The minimum atomic E-state index is -2.50. The quantitative estimate of drug-likeness (QED) is 0.863. The second-order valence-corrected chi connectivity index (χ2v) is 4.40. The summed E-state index contributed by atoms with van der Waals surface area (Å²) in [5.41, 5.74) is 1.54. The van der Waals surface area contributed by atoms with Gasteiger partial charge in [-0.3, -0.25) is 9.48 Å². The molecule has 0 fully saturated rings. The SMILES string of the molecule is N#Cc1cccc(/C=C\C(=O)Nc2cnn(CC(F)F)c2)c1. The van der Waals surface area contributed by atoms with E-state index in [1.165, 1.54) is 18.5 Å². The number of amides is 1. The molecule has 0 saturated carbocycles. The highest BCUT2D eigenvalue weighted by Crippen LogP contribution is 2.09. The van der Waals surface area contributed by atoms with Gasteiger partial charge in [0.2, 0.25) is 5.91 Å². The van der Waals surface area contributed by atoms with Crippen LogP contribution in [0.5, 0.6) is 0 Å². The van der Waals surface area contributed by atoms with Crippen LogP contribution >= 0.6 is 0 Å². The van der Waals surface area contributed by atoms with Crippen LogP contribution in [0.1, 0.15) is 11.1 Å². The number of nitriles is 1. The summed E-state index contributed by atoms with van der Waals surface area (Å²) in [6.07, 6.45) is 2.97. The van der Waals surface area contributed by atoms with Gasteiger partial charge in [0.25, 0.3) is 6.43 Å². The molecular weight excluding hydrogens is 290 g/mol. The molecule has 7 heteroatoms. The van der Waals surface area contributed by atoms with Crippen molar-refractivity contribution < 1.29 is 13.6 Å². The zero-order valence-corrected chi connectivity index (χ0v) is 11.4. The van der Waals surface area contributed by atoms with Crippen LogP contribution in [0.25, 0.3) is 6.08 Å². The molecule has 2 aromatic rings. The highest BCUT2D eigenvalue weighted by atomic mass is 19.3. The van der Waals surface area contributed by atoms with Crippen LogP contribution in [0.15, 0.2) is 42.7 Å². The maximum atomic E-state index is 12.2. The van der Waals surface area contributed by atoms with Crippen molar-refractivity contribution in [3.8, 4) is 6.07 Å². The lowest BCUT2D eigenvalue weighted by Gasteiger charge is -1.99. The summed E-state index contributed by atoms with van der Waals surface area (Å²) < 4.78 is 25.4. The van der Waals surface area contributed by atoms with Crippen molar-refractivity contribution in [2.24, 2.45) is 0 Å². The van der Waals surface area contributed by atoms with Crippen LogP contribution in [-0.2, 0) is 11.3 Å². The van der Waals surface area contributed by atoms with E-state index in [1.807, 2.05) is 6.07 Å². The summed E-state index contributed by atoms with van der Waals surface area (Å²) >= 11 is 0. The Bertz CT molecular complexity index is 731. The van der Waals surface area contributed by atoms with Gasteiger partial charge in [-0.2, -0.15) is 10.4 Å². The third-order valence-electron chi connectivity index (χ3n) is 2.67. The summed E-state index contributed by atoms with van der Waals surface area (Å²) in [5, 5.41) is 15.0. The number of benzene rings is 1. The van der Waals surface area contributed by atoms with Gasteiger partial charge in [0.15, 0.2) is 0 Å². The van der Waals surface area contributed by atoms with Gasteiger partial charge < -0.3 is 5.32 Å². The predicted molar refractivity (Wildman–Crippen MR) is 77.1 cm³/mol. The second kappa shape index (κ2) is 7.13. The number of carbonyl (C=O) groups is 1. The van der Waals surface area contributed by atoms with Gasteiger partial charge in [-0.25, -0.2) is 8.78 Å². The number of nitrogens with zero attached hydrogens (tertiary/aromatic N) is 3.